The van der Waals surface area contributed by atoms with Crippen LogP contribution in [0.25, 0.3) is 10.9 Å². The van der Waals surface area contributed by atoms with E-state index < -0.39 is 0 Å². The molecule has 160 valence electrons. The summed E-state index contributed by atoms with van der Waals surface area (Å²) in [5, 5.41) is 11.6. The number of carbonyl (C=O) groups is 1. The second-order valence-corrected chi connectivity index (χ2v) is 10.4. The van der Waals surface area contributed by atoms with E-state index in [1.165, 1.54) is 5.56 Å². The summed E-state index contributed by atoms with van der Waals surface area (Å²) in [4.78, 5) is 13.1. The third-order valence-electron chi connectivity index (χ3n) is 7.52. The van der Waals surface area contributed by atoms with Gasteiger partial charge in [0.2, 0.25) is 0 Å². The minimum Gasteiger partial charge on any atom is -0.487 e. The number of ether oxygens (including phenoxy) is 1. The number of hydrogen-bond acceptors (Lipinski definition) is 4. The summed E-state index contributed by atoms with van der Waals surface area (Å²) < 4.78 is 7.71. The van der Waals surface area contributed by atoms with Crippen LogP contribution in [0.15, 0.2) is 47.1 Å². The summed E-state index contributed by atoms with van der Waals surface area (Å²) in [7, 11) is 0. The van der Waals surface area contributed by atoms with Crippen LogP contribution in [0.2, 0.25) is 0 Å². The zero-order valence-corrected chi connectivity index (χ0v) is 19.0. The van der Waals surface area contributed by atoms with E-state index in [0.29, 0.717) is 24.2 Å². The van der Waals surface area contributed by atoms with Gasteiger partial charge in [0.1, 0.15) is 11.4 Å². The number of fused-ring (bicyclic) bond motifs is 2. The van der Waals surface area contributed by atoms with E-state index in [0.717, 1.165) is 65.5 Å². The number of Topliss-reactive ketones (excluding diaryl/α,β-unsaturated/α-hetero) is 1. The number of hydrogen-bond donors (Lipinski definition) is 2. The molecule has 2 fully saturated rings. The first-order valence-electron chi connectivity index (χ1n) is 11.3. The molecule has 6 rings (SSSR count). The zero-order valence-electron chi connectivity index (χ0n) is 17.4. The standard InChI is InChI=1S/C25H26BrN3O2/c26-17-4-5-23-20(12-17)21(13-25(31-23)6-8-27-9-7-25)19-10-16(19)11-22(30)18-3-1-2-15-14-28-29-24(15)18/h1-5,12,14,16,19,21,27H,6-11,13H2,(H,28,29)/t16?,19?,21-/m1/s1. The van der Waals surface area contributed by atoms with Crippen molar-refractivity contribution < 1.29 is 9.53 Å². The quantitative estimate of drug-likeness (QED) is 0.503. The number of nitrogens with zero attached hydrogens (tertiary/aromatic N) is 1. The summed E-state index contributed by atoms with van der Waals surface area (Å²) >= 11 is 3.65. The Morgan fingerprint density at radius 1 is 1.23 bits per heavy atom. The average molecular weight is 480 g/mol. The van der Waals surface area contributed by atoms with E-state index >= 15 is 0 Å². The lowest BCUT2D eigenvalue weighted by Crippen LogP contribution is -2.49. The third kappa shape index (κ3) is 3.50. The molecule has 1 aromatic heterocycles. The van der Waals surface area contributed by atoms with Crippen LogP contribution in [-0.2, 0) is 0 Å². The predicted octanol–water partition coefficient (Wildman–Crippen LogP) is 5.22. The molecule has 2 aromatic carbocycles. The Morgan fingerprint density at radius 2 is 2.10 bits per heavy atom. The van der Waals surface area contributed by atoms with Crippen molar-refractivity contribution in [2.45, 2.75) is 43.6 Å². The maximum absolute atomic E-state index is 13.1. The normalized spacial score (nSPS) is 26.4. The van der Waals surface area contributed by atoms with Gasteiger partial charge in [-0.25, -0.2) is 0 Å². The summed E-state index contributed by atoms with van der Waals surface area (Å²) in [5.41, 5.74) is 2.88. The molecule has 1 saturated heterocycles. The number of aromatic nitrogens is 2. The molecule has 2 N–H and O–H groups in total. The van der Waals surface area contributed by atoms with Crippen molar-refractivity contribution >= 4 is 32.6 Å². The van der Waals surface area contributed by atoms with Crippen LogP contribution in [0, 0.1) is 11.8 Å². The number of nitrogens with one attached hydrogen (secondary N) is 2. The van der Waals surface area contributed by atoms with E-state index in [9.17, 15) is 4.79 Å². The highest BCUT2D eigenvalue weighted by molar-refractivity contribution is 9.10. The number of piperidine rings is 1. The molecular formula is C25H26BrN3O2. The fourth-order valence-electron chi connectivity index (χ4n) is 5.81. The van der Waals surface area contributed by atoms with Crippen molar-refractivity contribution in [3.05, 3.63) is 58.2 Å². The SMILES string of the molecule is O=C(CC1CC1[C@H]1CC2(CCNCC2)Oc2ccc(Br)cc21)c1cccc2cn[nH]c12. The highest BCUT2D eigenvalue weighted by Crippen LogP contribution is 2.58. The Bertz CT molecular complexity index is 1150. The van der Waals surface area contributed by atoms with Crippen LogP contribution in [0.3, 0.4) is 0 Å². The van der Waals surface area contributed by atoms with Crippen LogP contribution in [0.1, 0.15) is 53.9 Å². The molecule has 3 aliphatic rings. The second kappa shape index (κ2) is 7.45. The molecule has 6 heteroatoms. The molecule has 2 unspecified atom stereocenters. The summed E-state index contributed by atoms with van der Waals surface area (Å²) in [5.74, 6) is 2.72. The van der Waals surface area contributed by atoms with E-state index in [4.69, 9.17) is 4.74 Å². The number of halogens is 1. The number of benzene rings is 2. The van der Waals surface area contributed by atoms with Crippen molar-refractivity contribution in [3.63, 3.8) is 0 Å². The average Bonchev–Trinajstić information content (AvgIpc) is 3.36. The van der Waals surface area contributed by atoms with Gasteiger partial charge in [-0.2, -0.15) is 5.10 Å². The molecule has 5 nitrogen and oxygen atoms in total. The molecule has 3 aromatic rings. The first kappa shape index (κ1) is 19.5. The van der Waals surface area contributed by atoms with Gasteiger partial charge in [0.25, 0.3) is 0 Å². The Labute approximate surface area is 190 Å². The van der Waals surface area contributed by atoms with Crippen molar-refractivity contribution in [2.75, 3.05) is 13.1 Å². The van der Waals surface area contributed by atoms with E-state index in [1.54, 1.807) is 6.20 Å². The van der Waals surface area contributed by atoms with E-state index in [2.05, 4.69) is 49.6 Å². The smallest absolute Gasteiger partial charge is 0.165 e. The topological polar surface area (TPSA) is 67.0 Å². The molecule has 3 atom stereocenters. The monoisotopic (exact) mass is 479 g/mol. The van der Waals surface area contributed by atoms with Crippen LogP contribution >= 0.6 is 15.9 Å². The highest BCUT2D eigenvalue weighted by atomic mass is 79.9. The van der Waals surface area contributed by atoms with Gasteiger partial charge in [-0.3, -0.25) is 9.89 Å². The van der Waals surface area contributed by atoms with Gasteiger partial charge in [0, 0.05) is 21.8 Å². The Balaban J connectivity index is 1.25. The predicted molar refractivity (Wildman–Crippen MR) is 124 cm³/mol. The number of rotatable bonds is 4. The van der Waals surface area contributed by atoms with E-state index in [1.807, 2.05) is 18.2 Å². The second-order valence-electron chi connectivity index (χ2n) is 9.45. The molecule has 31 heavy (non-hydrogen) atoms. The lowest BCUT2D eigenvalue weighted by molar-refractivity contribution is 0.00400. The zero-order chi connectivity index (χ0) is 21.0. The van der Waals surface area contributed by atoms with Gasteiger partial charge < -0.3 is 10.1 Å². The largest absolute Gasteiger partial charge is 0.487 e. The number of para-hydroxylation sites is 1. The van der Waals surface area contributed by atoms with Crippen LogP contribution in [-0.4, -0.2) is 34.7 Å². The summed E-state index contributed by atoms with van der Waals surface area (Å²) in [6.45, 7) is 2.03. The van der Waals surface area contributed by atoms with Gasteiger partial charge in [0.05, 0.1) is 11.7 Å². The van der Waals surface area contributed by atoms with Gasteiger partial charge in [0.15, 0.2) is 5.78 Å². The van der Waals surface area contributed by atoms with Crippen molar-refractivity contribution in [3.8, 4) is 5.75 Å². The maximum atomic E-state index is 13.1. The Hall–Kier alpha value is -2.18. The lowest BCUT2D eigenvalue weighted by atomic mass is 9.75. The lowest BCUT2D eigenvalue weighted by Gasteiger charge is -2.45. The van der Waals surface area contributed by atoms with Gasteiger partial charge in [-0.1, -0.05) is 28.1 Å². The fraction of sp³-hybridized carbons (Fsp3) is 0.440. The molecule has 0 radical (unpaired) electrons. The first-order valence-corrected chi connectivity index (χ1v) is 12.1. The van der Waals surface area contributed by atoms with Gasteiger partial charge in [-0.15, -0.1) is 0 Å². The van der Waals surface area contributed by atoms with Crippen molar-refractivity contribution in [2.24, 2.45) is 11.8 Å². The summed E-state index contributed by atoms with van der Waals surface area (Å²) in [6, 6.07) is 12.3. The van der Waals surface area contributed by atoms with Crippen LogP contribution in [0.5, 0.6) is 5.75 Å². The number of ketones is 1. The fourth-order valence-corrected chi connectivity index (χ4v) is 6.18. The maximum Gasteiger partial charge on any atom is 0.165 e. The van der Waals surface area contributed by atoms with Crippen molar-refractivity contribution in [1.82, 2.24) is 15.5 Å². The third-order valence-corrected chi connectivity index (χ3v) is 8.02. The molecule has 1 aliphatic carbocycles. The molecule has 1 saturated carbocycles. The molecule has 2 aliphatic heterocycles. The van der Waals surface area contributed by atoms with Gasteiger partial charge >= 0.3 is 0 Å². The number of aromatic amines is 1. The Morgan fingerprint density at radius 3 is 2.97 bits per heavy atom. The summed E-state index contributed by atoms with van der Waals surface area (Å²) in [6.07, 6.45) is 6.67. The van der Waals surface area contributed by atoms with Crippen molar-refractivity contribution in [1.29, 1.82) is 0 Å². The number of carbonyl (C=O) groups excluding carboxylic acids is 1. The minimum atomic E-state index is -0.0601. The molecule has 0 amide bonds. The Kier molecular flexibility index (Phi) is 4.69. The minimum absolute atomic E-state index is 0.0601. The van der Waals surface area contributed by atoms with Crippen LogP contribution in [0.4, 0.5) is 0 Å². The number of H-pyrrole nitrogens is 1. The van der Waals surface area contributed by atoms with E-state index in [-0.39, 0.29) is 11.4 Å². The van der Waals surface area contributed by atoms with Crippen LogP contribution < -0.4 is 10.1 Å². The molecule has 3 heterocycles. The first-order chi connectivity index (χ1) is 15.1. The molecular weight excluding hydrogens is 454 g/mol. The van der Waals surface area contributed by atoms with Gasteiger partial charge in [-0.05, 0) is 86.4 Å². The molecule has 0 bridgehead atoms. The molecule has 1 spiro atoms. The highest BCUT2D eigenvalue weighted by Gasteiger charge is 2.51.